The lowest BCUT2D eigenvalue weighted by Crippen LogP contribution is -2.69. The van der Waals surface area contributed by atoms with Gasteiger partial charge < -0.3 is 19.4 Å². The minimum absolute atomic E-state index is 0.00988. The Morgan fingerprint density at radius 3 is 2.62 bits per heavy atom. The van der Waals surface area contributed by atoms with E-state index in [9.17, 15) is 13.2 Å². The number of piperazine rings is 1. The number of sulfone groups is 1. The van der Waals surface area contributed by atoms with Crippen LogP contribution in [0.1, 0.15) is 12.0 Å². The molecule has 3 heterocycles. The Labute approximate surface area is 173 Å². The van der Waals surface area contributed by atoms with Crippen LogP contribution in [0.2, 0.25) is 0 Å². The highest BCUT2D eigenvalue weighted by atomic mass is 32.2. The topological polar surface area (TPSA) is 70.2 Å². The summed E-state index contributed by atoms with van der Waals surface area (Å²) < 4.78 is 30.3. The number of nitrogens with zero attached hydrogens (tertiary/aromatic N) is 3. The van der Waals surface area contributed by atoms with Crippen LogP contribution < -0.4 is 4.74 Å². The van der Waals surface area contributed by atoms with Crippen molar-refractivity contribution in [1.82, 2.24) is 14.7 Å². The summed E-state index contributed by atoms with van der Waals surface area (Å²) in [5.41, 5.74) is 0.888. The molecule has 1 spiro atoms. The molecule has 1 aromatic rings. The van der Waals surface area contributed by atoms with Gasteiger partial charge in [-0.3, -0.25) is 4.79 Å². The van der Waals surface area contributed by atoms with Crippen molar-refractivity contribution in [2.24, 2.45) is 5.92 Å². The number of methoxy groups -OCH3 is 1. The lowest BCUT2D eigenvalue weighted by molar-refractivity contribution is -0.136. The molecule has 160 valence electrons. The molecule has 29 heavy (non-hydrogen) atoms. The Bertz CT molecular complexity index is 858. The first kappa shape index (κ1) is 20.6. The summed E-state index contributed by atoms with van der Waals surface area (Å²) in [6.07, 6.45) is 0.989. The SMILES string of the molecule is COc1cccc(CC(=O)N2CC3(C2)C(CN2CCN(C)CC2)CCS3(=O)=O)c1. The lowest BCUT2D eigenvalue weighted by atomic mass is 9.82. The maximum atomic E-state index is 12.9. The van der Waals surface area contributed by atoms with Gasteiger partial charge in [0.1, 0.15) is 10.5 Å². The Morgan fingerprint density at radius 1 is 1.21 bits per heavy atom. The molecule has 0 bridgehead atoms. The summed E-state index contributed by atoms with van der Waals surface area (Å²) in [5.74, 6) is 1.09. The molecule has 3 aliphatic heterocycles. The van der Waals surface area contributed by atoms with Gasteiger partial charge in [-0.1, -0.05) is 12.1 Å². The second-order valence-electron chi connectivity index (χ2n) is 8.75. The van der Waals surface area contributed by atoms with Crippen LogP contribution in [0.3, 0.4) is 0 Å². The number of hydrogen-bond acceptors (Lipinski definition) is 6. The predicted octanol–water partition coefficient (Wildman–Crippen LogP) is 0.501. The molecule has 1 aromatic carbocycles. The van der Waals surface area contributed by atoms with E-state index in [-0.39, 0.29) is 24.0 Å². The Hall–Kier alpha value is -1.64. The van der Waals surface area contributed by atoms with Gasteiger partial charge in [-0.2, -0.15) is 0 Å². The summed E-state index contributed by atoms with van der Waals surface area (Å²) in [4.78, 5) is 19.2. The van der Waals surface area contributed by atoms with E-state index in [0.29, 0.717) is 19.5 Å². The number of ether oxygens (including phenoxy) is 1. The largest absolute Gasteiger partial charge is 0.497 e. The van der Waals surface area contributed by atoms with E-state index in [1.165, 1.54) is 0 Å². The van der Waals surface area contributed by atoms with Gasteiger partial charge in [0.05, 0.1) is 19.3 Å². The monoisotopic (exact) mass is 421 g/mol. The average molecular weight is 422 g/mol. The number of amides is 1. The van der Waals surface area contributed by atoms with Crippen molar-refractivity contribution < 1.29 is 17.9 Å². The number of rotatable bonds is 5. The normalized spacial score (nSPS) is 26.4. The molecule has 1 amide bonds. The van der Waals surface area contributed by atoms with Crippen LogP contribution in [0.4, 0.5) is 0 Å². The fourth-order valence-corrected chi connectivity index (χ4v) is 7.32. The molecular formula is C21H31N3O4S. The van der Waals surface area contributed by atoms with E-state index < -0.39 is 14.6 Å². The van der Waals surface area contributed by atoms with Crippen molar-refractivity contribution in [3.05, 3.63) is 29.8 Å². The van der Waals surface area contributed by atoms with Gasteiger partial charge in [0.25, 0.3) is 0 Å². The fourth-order valence-electron chi connectivity index (χ4n) is 4.92. The highest BCUT2D eigenvalue weighted by Crippen LogP contribution is 2.45. The minimum atomic E-state index is -3.16. The first-order valence-corrected chi connectivity index (χ1v) is 12.0. The molecule has 7 nitrogen and oxygen atoms in total. The summed E-state index contributed by atoms with van der Waals surface area (Å²) in [7, 11) is 0.563. The van der Waals surface area contributed by atoms with Crippen LogP contribution in [0, 0.1) is 5.92 Å². The zero-order valence-corrected chi connectivity index (χ0v) is 18.2. The quantitative estimate of drug-likeness (QED) is 0.690. The Balaban J connectivity index is 1.40. The lowest BCUT2D eigenvalue weighted by Gasteiger charge is -2.51. The number of hydrogen-bond donors (Lipinski definition) is 0. The number of likely N-dealkylation sites (N-methyl/N-ethyl adjacent to an activating group) is 1. The molecule has 3 saturated heterocycles. The van der Waals surface area contributed by atoms with Gasteiger partial charge in [-0.05, 0) is 37.1 Å². The van der Waals surface area contributed by atoms with Crippen LogP contribution in [0.25, 0.3) is 0 Å². The molecule has 1 atom stereocenters. The third-order valence-corrected chi connectivity index (χ3v) is 9.54. The summed E-state index contributed by atoms with van der Waals surface area (Å²) in [6, 6.07) is 7.47. The van der Waals surface area contributed by atoms with Crippen molar-refractivity contribution in [3.8, 4) is 5.75 Å². The predicted molar refractivity (Wildman–Crippen MR) is 112 cm³/mol. The highest BCUT2D eigenvalue weighted by molar-refractivity contribution is 7.93. The molecule has 3 aliphatic rings. The first-order chi connectivity index (χ1) is 13.8. The van der Waals surface area contributed by atoms with Crippen molar-refractivity contribution in [2.75, 3.05) is 65.7 Å². The number of carbonyl (C=O) groups is 1. The maximum Gasteiger partial charge on any atom is 0.227 e. The summed E-state index contributed by atoms with van der Waals surface area (Å²) in [6.45, 7) is 5.54. The minimum Gasteiger partial charge on any atom is -0.497 e. The van der Waals surface area contributed by atoms with E-state index in [1.807, 2.05) is 24.3 Å². The smallest absolute Gasteiger partial charge is 0.227 e. The summed E-state index contributed by atoms with van der Waals surface area (Å²) >= 11 is 0. The van der Waals surface area contributed by atoms with E-state index >= 15 is 0 Å². The van der Waals surface area contributed by atoms with Gasteiger partial charge in [0, 0.05) is 45.8 Å². The molecule has 0 radical (unpaired) electrons. The standard InChI is InChI=1S/C21H31N3O4S/c1-22-7-9-23(10-8-22)14-18-6-11-29(26,27)21(18)15-24(16-21)20(25)13-17-4-3-5-19(12-17)28-2/h3-5,12,18H,6-11,13-16H2,1-2H3. The zero-order valence-electron chi connectivity index (χ0n) is 17.3. The van der Waals surface area contributed by atoms with Crippen molar-refractivity contribution in [2.45, 2.75) is 17.6 Å². The molecule has 1 unspecified atom stereocenters. The molecular weight excluding hydrogens is 390 g/mol. The van der Waals surface area contributed by atoms with Crippen LogP contribution in [0.5, 0.6) is 5.75 Å². The van der Waals surface area contributed by atoms with Gasteiger partial charge in [0.2, 0.25) is 5.91 Å². The van der Waals surface area contributed by atoms with E-state index in [2.05, 4.69) is 16.8 Å². The number of likely N-dealkylation sites (tertiary alicyclic amines) is 1. The van der Waals surface area contributed by atoms with E-state index in [4.69, 9.17) is 4.74 Å². The number of carbonyl (C=O) groups excluding carboxylic acids is 1. The molecule has 8 heteroatoms. The molecule has 0 saturated carbocycles. The maximum absolute atomic E-state index is 12.9. The third-order valence-electron chi connectivity index (χ3n) is 6.93. The molecule has 0 N–H and O–H groups in total. The van der Waals surface area contributed by atoms with Crippen LogP contribution in [-0.4, -0.2) is 99.5 Å². The molecule has 0 aromatic heterocycles. The Kier molecular flexibility index (Phi) is 5.61. The second-order valence-corrected chi connectivity index (χ2v) is 11.2. The van der Waals surface area contributed by atoms with Crippen molar-refractivity contribution in [3.63, 3.8) is 0 Å². The van der Waals surface area contributed by atoms with Crippen molar-refractivity contribution in [1.29, 1.82) is 0 Å². The van der Waals surface area contributed by atoms with Crippen LogP contribution in [-0.2, 0) is 21.1 Å². The van der Waals surface area contributed by atoms with Gasteiger partial charge in [-0.15, -0.1) is 0 Å². The van der Waals surface area contributed by atoms with Crippen LogP contribution in [0.15, 0.2) is 24.3 Å². The van der Waals surface area contributed by atoms with Gasteiger partial charge >= 0.3 is 0 Å². The molecule has 0 aliphatic carbocycles. The third kappa shape index (κ3) is 3.90. The zero-order chi connectivity index (χ0) is 20.6. The average Bonchev–Trinajstić information content (AvgIpc) is 2.92. The van der Waals surface area contributed by atoms with Gasteiger partial charge in [-0.25, -0.2) is 8.42 Å². The Morgan fingerprint density at radius 2 is 1.93 bits per heavy atom. The molecule has 3 fully saturated rings. The summed E-state index contributed by atoms with van der Waals surface area (Å²) in [5, 5.41) is 0. The molecule has 4 rings (SSSR count). The highest BCUT2D eigenvalue weighted by Gasteiger charge is 2.62. The van der Waals surface area contributed by atoms with E-state index in [1.54, 1.807) is 12.0 Å². The van der Waals surface area contributed by atoms with Crippen LogP contribution >= 0.6 is 0 Å². The second kappa shape index (κ2) is 7.89. The number of benzene rings is 1. The van der Waals surface area contributed by atoms with Gasteiger partial charge in [0.15, 0.2) is 9.84 Å². The van der Waals surface area contributed by atoms with Crippen molar-refractivity contribution >= 4 is 15.7 Å². The first-order valence-electron chi connectivity index (χ1n) is 10.4. The fraction of sp³-hybridized carbons (Fsp3) is 0.667. The van der Waals surface area contributed by atoms with E-state index in [0.717, 1.165) is 44.0 Å².